The van der Waals surface area contributed by atoms with Crippen molar-refractivity contribution in [3.8, 4) is 17.0 Å². The Balaban J connectivity index is 1.22. The van der Waals surface area contributed by atoms with E-state index in [1.165, 1.54) is 0 Å². The summed E-state index contributed by atoms with van der Waals surface area (Å²) in [6, 6.07) is 15.3. The predicted octanol–water partition coefficient (Wildman–Crippen LogP) is 2.70. The molecule has 1 fully saturated rings. The molecule has 0 aliphatic carbocycles. The average molecular weight is 473 g/mol. The summed E-state index contributed by atoms with van der Waals surface area (Å²) in [7, 11) is 0. The van der Waals surface area contributed by atoms with E-state index in [0.29, 0.717) is 37.5 Å². The highest BCUT2D eigenvalue weighted by atomic mass is 16.5. The zero-order valence-electron chi connectivity index (χ0n) is 19.7. The number of ether oxygens (including phenoxy) is 1. The van der Waals surface area contributed by atoms with Crippen molar-refractivity contribution in [3.63, 3.8) is 0 Å². The van der Waals surface area contributed by atoms with Crippen LogP contribution in [0.25, 0.3) is 16.8 Å². The lowest BCUT2D eigenvalue weighted by Crippen LogP contribution is -2.49. The number of rotatable bonds is 7. The summed E-state index contributed by atoms with van der Waals surface area (Å²) < 4.78 is 8.66. The molecule has 9 nitrogen and oxygen atoms in total. The second-order valence-corrected chi connectivity index (χ2v) is 8.42. The normalized spacial score (nSPS) is 13.9. The molecule has 1 aliphatic heterocycles. The second kappa shape index (κ2) is 10.0. The van der Waals surface area contributed by atoms with Crippen LogP contribution in [0.2, 0.25) is 0 Å². The minimum Gasteiger partial charge on any atom is -0.494 e. The number of benzene rings is 1. The molecule has 0 saturated carbocycles. The number of amides is 1. The van der Waals surface area contributed by atoms with Crippen LogP contribution in [0.15, 0.2) is 71.9 Å². The van der Waals surface area contributed by atoms with Crippen LogP contribution in [0.5, 0.6) is 5.75 Å². The van der Waals surface area contributed by atoms with Gasteiger partial charge in [-0.1, -0.05) is 6.07 Å². The Morgan fingerprint density at radius 3 is 2.54 bits per heavy atom. The van der Waals surface area contributed by atoms with Gasteiger partial charge >= 0.3 is 0 Å². The Hall–Kier alpha value is -4.14. The quantitative estimate of drug-likeness (QED) is 0.411. The van der Waals surface area contributed by atoms with Gasteiger partial charge in [-0.05, 0) is 49.4 Å². The lowest BCUT2D eigenvalue weighted by molar-refractivity contribution is -0.131. The molecule has 0 spiro atoms. The summed E-state index contributed by atoms with van der Waals surface area (Å²) >= 11 is 0. The number of nitrogens with zero attached hydrogens (tertiary/aromatic N) is 6. The molecule has 35 heavy (non-hydrogen) atoms. The van der Waals surface area contributed by atoms with E-state index < -0.39 is 0 Å². The number of aryl methyl sites for hydroxylation is 1. The standard InChI is InChI=1S/C26H28N6O3/c1-2-35-21-8-6-20(7-9-21)22-19-23-26(34)31(17-18-32(23)28-22)12-10-25(33)30-15-13-29(14-16-30)24-5-3-4-11-27-24/h3-9,11,17-19H,2,10,12-16H2,1H3. The van der Waals surface area contributed by atoms with Crippen LogP contribution in [0.3, 0.4) is 0 Å². The van der Waals surface area contributed by atoms with Gasteiger partial charge in [-0.3, -0.25) is 9.59 Å². The maximum Gasteiger partial charge on any atom is 0.276 e. The molecule has 1 aromatic carbocycles. The van der Waals surface area contributed by atoms with Gasteiger partial charge in [0.1, 0.15) is 17.1 Å². The number of carbonyl (C=O) groups is 1. The molecule has 0 N–H and O–H groups in total. The van der Waals surface area contributed by atoms with Crippen molar-refractivity contribution in [1.82, 2.24) is 24.1 Å². The minimum absolute atomic E-state index is 0.0565. The molecule has 0 atom stereocenters. The molecule has 0 radical (unpaired) electrons. The summed E-state index contributed by atoms with van der Waals surface area (Å²) in [4.78, 5) is 34.3. The van der Waals surface area contributed by atoms with E-state index in [4.69, 9.17) is 4.74 Å². The molecule has 9 heteroatoms. The Kier molecular flexibility index (Phi) is 6.47. The minimum atomic E-state index is -0.162. The number of pyridine rings is 1. The Labute approximate surface area is 203 Å². The fourth-order valence-electron chi connectivity index (χ4n) is 4.33. The topological polar surface area (TPSA) is 85.0 Å². The third kappa shape index (κ3) is 4.89. The van der Waals surface area contributed by atoms with Crippen molar-refractivity contribution in [1.29, 1.82) is 0 Å². The van der Waals surface area contributed by atoms with Gasteiger partial charge in [-0.25, -0.2) is 9.50 Å². The first-order valence-electron chi connectivity index (χ1n) is 11.9. The van der Waals surface area contributed by atoms with Crippen molar-refractivity contribution in [2.24, 2.45) is 0 Å². The van der Waals surface area contributed by atoms with Crippen molar-refractivity contribution in [3.05, 3.63) is 77.5 Å². The molecule has 1 saturated heterocycles. The number of anilines is 1. The Morgan fingerprint density at radius 1 is 1.03 bits per heavy atom. The van der Waals surface area contributed by atoms with Crippen LogP contribution in [0.1, 0.15) is 13.3 Å². The van der Waals surface area contributed by atoms with E-state index in [0.717, 1.165) is 30.2 Å². The van der Waals surface area contributed by atoms with Crippen molar-refractivity contribution in [2.45, 2.75) is 19.9 Å². The summed E-state index contributed by atoms with van der Waals surface area (Å²) in [6.07, 6.45) is 5.50. The number of fused-ring (bicyclic) bond motifs is 1. The monoisotopic (exact) mass is 472 g/mol. The molecule has 5 rings (SSSR count). The molecule has 180 valence electrons. The van der Waals surface area contributed by atoms with E-state index in [9.17, 15) is 9.59 Å². The first kappa shape index (κ1) is 22.6. The molecule has 1 aliphatic rings. The molecular weight excluding hydrogens is 444 g/mol. The molecule has 4 aromatic rings. The van der Waals surface area contributed by atoms with Crippen LogP contribution >= 0.6 is 0 Å². The Morgan fingerprint density at radius 2 is 1.83 bits per heavy atom. The molecule has 4 heterocycles. The number of carbonyl (C=O) groups excluding carboxylic acids is 1. The van der Waals surface area contributed by atoms with Crippen LogP contribution in [0.4, 0.5) is 5.82 Å². The van der Waals surface area contributed by atoms with Crippen molar-refractivity contribution >= 4 is 17.2 Å². The molecule has 1 amide bonds. The summed E-state index contributed by atoms with van der Waals surface area (Å²) in [5.74, 6) is 1.79. The lowest BCUT2D eigenvalue weighted by Gasteiger charge is -2.35. The van der Waals surface area contributed by atoms with Crippen LogP contribution < -0.4 is 15.2 Å². The maximum atomic E-state index is 13.0. The highest BCUT2D eigenvalue weighted by Gasteiger charge is 2.21. The Bertz CT molecular complexity index is 1360. The third-order valence-corrected chi connectivity index (χ3v) is 6.24. The van der Waals surface area contributed by atoms with Crippen molar-refractivity contribution < 1.29 is 9.53 Å². The fourth-order valence-corrected chi connectivity index (χ4v) is 4.33. The predicted molar refractivity (Wildman–Crippen MR) is 134 cm³/mol. The third-order valence-electron chi connectivity index (χ3n) is 6.24. The lowest BCUT2D eigenvalue weighted by atomic mass is 10.1. The first-order chi connectivity index (χ1) is 17.1. The van der Waals surface area contributed by atoms with Crippen LogP contribution in [-0.4, -0.2) is 62.8 Å². The molecule has 0 bridgehead atoms. The van der Waals surface area contributed by atoms with E-state index in [1.807, 2.05) is 54.3 Å². The summed E-state index contributed by atoms with van der Waals surface area (Å²) in [5.41, 5.74) is 1.94. The van der Waals surface area contributed by atoms with Gasteiger partial charge in [0.25, 0.3) is 5.56 Å². The number of piperazine rings is 1. The number of hydrogen-bond acceptors (Lipinski definition) is 6. The zero-order chi connectivity index (χ0) is 24.2. The molecule has 3 aromatic heterocycles. The van der Waals surface area contributed by atoms with Gasteiger partial charge in [-0.15, -0.1) is 0 Å². The van der Waals surface area contributed by atoms with E-state index >= 15 is 0 Å². The highest BCUT2D eigenvalue weighted by Crippen LogP contribution is 2.22. The number of aromatic nitrogens is 4. The van der Waals surface area contributed by atoms with Crippen molar-refractivity contribution in [2.75, 3.05) is 37.7 Å². The van der Waals surface area contributed by atoms with Gasteiger partial charge in [0.15, 0.2) is 0 Å². The van der Waals surface area contributed by atoms with Gasteiger partial charge in [0, 0.05) is 63.3 Å². The van der Waals surface area contributed by atoms with Gasteiger partial charge < -0.3 is 19.1 Å². The van der Waals surface area contributed by atoms with Gasteiger partial charge in [0.2, 0.25) is 5.91 Å². The van der Waals surface area contributed by atoms with Crippen LogP contribution in [0, 0.1) is 0 Å². The van der Waals surface area contributed by atoms with Crippen LogP contribution in [-0.2, 0) is 11.3 Å². The molecule has 0 unspecified atom stereocenters. The highest BCUT2D eigenvalue weighted by molar-refractivity contribution is 5.76. The van der Waals surface area contributed by atoms with E-state index in [1.54, 1.807) is 33.7 Å². The first-order valence-corrected chi connectivity index (χ1v) is 11.9. The second-order valence-electron chi connectivity index (χ2n) is 8.42. The van der Waals surface area contributed by atoms with Gasteiger partial charge in [-0.2, -0.15) is 5.10 Å². The smallest absolute Gasteiger partial charge is 0.276 e. The summed E-state index contributed by atoms with van der Waals surface area (Å²) in [5, 5.41) is 4.54. The largest absolute Gasteiger partial charge is 0.494 e. The van der Waals surface area contributed by atoms with Gasteiger partial charge in [0.05, 0.1) is 12.3 Å². The number of hydrogen-bond donors (Lipinski definition) is 0. The van der Waals surface area contributed by atoms with E-state index in [2.05, 4.69) is 15.0 Å². The molecular formula is C26H28N6O3. The average Bonchev–Trinajstić information content (AvgIpc) is 3.35. The maximum absolute atomic E-state index is 13.0. The van der Waals surface area contributed by atoms with E-state index in [-0.39, 0.29) is 17.9 Å². The summed E-state index contributed by atoms with van der Waals surface area (Å²) in [6.45, 7) is 5.68. The fraction of sp³-hybridized carbons (Fsp3) is 0.308. The SMILES string of the molecule is CCOc1ccc(-c2cc3c(=O)n(CCC(=O)N4CCN(c5ccccn5)CC4)ccn3n2)cc1. The zero-order valence-corrected chi connectivity index (χ0v) is 19.7.